The first-order valence-electron chi connectivity index (χ1n) is 9.54. The van der Waals surface area contributed by atoms with Crippen LogP contribution in [0.2, 0.25) is 0 Å². The molecule has 0 aromatic carbocycles. The Kier molecular flexibility index (Phi) is 6.44. The molecule has 0 unspecified atom stereocenters. The van der Waals surface area contributed by atoms with Gasteiger partial charge in [0.1, 0.15) is 0 Å². The van der Waals surface area contributed by atoms with Crippen LogP contribution < -0.4 is 0 Å². The summed E-state index contributed by atoms with van der Waals surface area (Å²) in [5, 5.41) is 4.42. The number of aromatic nitrogens is 4. The maximum atomic E-state index is 12.9. The second-order valence-corrected chi connectivity index (χ2v) is 8.96. The summed E-state index contributed by atoms with van der Waals surface area (Å²) in [6.07, 6.45) is 3.29. The maximum absolute atomic E-state index is 12.9. The number of hydrogen-bond donors (Lipinski definition) is 0. The number of thiophene rings is 1. The smallest absolute Gasteiger partial charge is 0.257 e. The summed E-state index contributed by atoms with van der Waals surface area (Å²) >= 11 is 1.74. The molecule has 3 aromatic heterocycles. The zero-order valence-electron chi connectivity index (χ0n) is 17.8. The summed E-state index contributed by atoms with van der Waals surface area (Å²) in [5.41, 5.74) is 3.07. The normalized spacial score (nSPS) is 11.3. The van der Waals surface area contributed by atoms with Gasteiger partial charge >= 0.3 is 0 Å². The molecule has 0 bridgehead atoms. The highest BCUT2D eigenvalue weighted by Crippen LogP contribution is 2.29. The zero-order chi connectivity index (χ0) is 21.1. The van der Waals surface area contributed by atoms with Crippen LogP contribution in [0.3, 0.4) is 0 Å². The first-order chi connectivity index (χ1) is 13.8. The third-order valence-corrected chi connectivity index (χ3v) is 5.48. The quantitative estimate of drug-likeness (QED) is 0.588. The van der Waals surface area contributed by atoms with E-state index in [4.69, 9.17) is 9.72 Å². The van der Waals surface area contributed by atoms with Gasteiger partial charge in [-0.1, -0.05) is 13.8 Å². The third kappa shape index (κ3) is 4.54. The first-order valence-corrected chi connectivity index (χ1v) is 10.4. The minimum Gasteiger partial charge on any atom is -0.378 e. The molecule has 0 fully saturated rings. The second-order valence-electron chi connectivity index (χ2n) is 7.50. The number of methoxy groups -OCH3 is 1. The molecule has 0 N–H and O–H groups in total. The fourth-order valence-corrected chi connectivity index (χ4v) is 4.26. The van der Waals surface area contributed by atoms with Crippen molar-refractivity contribution >= 4 is 17.2 Å². The van der Waals surface area contributed by atoms with Crippen LogP contribution in [-0.2, 0) is 11.3 Å². The van der Waals surface area contributed by atoms with E-state index in [1.54, 1.807) is 47.5 Å². The van der Waals surface area contributed by atoms with E-state index >= 15 is 0 Å². The summed E-state index contributed by atoms with van der Waals surface area (Å²) in [6, 6.07) is 4.01. The van der Waals surface area contributed by atoms with Crippen LogP contribution in [0.5, 0.6) is 0 Å². The highest BCUT2D eigenvalue weighted by Gasteiger charge is 2.23. The molecule has 3 heterocycles. The van der Waals surface area contributed by atoms with Crippen molar-refractivity contribution in [2.24, 2.45) is 5.92 Å². The van der Waals surface area contributed by atoms with Crippen LogP contribution in [0.4, 0.5) is 0 Å². The van der Waals surface area contributed by atoms with E-state index in [0.717, 1.165) is 11.3 Å². The molecular formula is C21H27N5O2S. The topological polar surface area (TPSA) is 73.1 Å². The van der Waals surface area contributed by atoms with Gasteiger partial charge in [0.2, 0.25) is 0 Å². The van der Waals surface area contributed by atoms with Crippen molar-refractivity contribution in [3.05, 3.63) is 45.5 Å². The predicted molar refractivity (Wildman–Crippen MR) is 114 cm³/mol. The minimum atomic E-state index is -0.0857. The van der Waals surface area contributed by atoms with Gasteiger partial charge in [-0.15, -0.1) is 11.3 Å². The Morgan fingerprint density at radius 3 is 2.72 bits per heavy atom. The summed E-state index contributed by atoms with van der Waals surface area (Å²) in [5.74, 6) is 0.711. The monoisotopic (exact) mass is 413 g/mol. The predicted octanol–water partition coefficient (Wildman–Crippen LogP) is 3.88. The number of ether oxygens (including phenoxy) is 1. The molecule has 0 saturated carbocycles. The molecule has 8 heteroatoms. The summed E-state index contributed by atoms with van der Waals surface area (Å²) in [7, 11) is 3.40. The fourth-order valence-electron chi connectivity index (χ4n) is 3.32. The average molecular weight is 414 g/mol. The lowest BCUT2D eigenvalue weighted by molar-refractivity contribution is 0.0774. The lowest BCUT2D eigenvalue weighted by Crippen LogP contribution is -2.31. The largest absolute Gasteiger partial charge is 0.378 e. The average Bonchev–Trinajstić information content (AvgIpc) is 3.23. The van der Waals surface area contributed by atoms with Crippen molar-refractivity contribution < 1.29 is 9.53 Å². The number of aryl methyl sites for hydroxylation is 2. The van der Waals surface area contributed by atoms with Crippen LogP contribution in [0, 0.1) is 19.8 Å². The Balaban J connectivity index is 2.01. The van der Waals surface area contributed by atoms with Crippen LogP contribution >= 0.6 is 11.3 Å². The van der Waals surface area contributed by atoms with Crippen molar-refractivity contribution in [1.29, 1.82) is 0 Å². The van der Waals surface area contributed by atoms with Gasteiger partial charge in [-0.2, -0.15) is 9.78 Å². The van der Waals surface area contributed by atoms with E-state index in [0.29, 0.717) is 29.7 Å². The van der Waals surface area contributed by atoms with Crippen LogP contribution in [0.1, 0.15) is 39.7 Å². The zero-order valence-corrected chi connectivity index (χ0v) is 18.6. The molecule has 7 nitrogen and oxygen atoms in total. The summed E-state index contributed by atoms with van der Waals surface area (Å²) in [6.45, 7) is 9.23. The standard InChI is InChI=1S/C21H27N5O2S/c1-13(2)11-25(5)20(27)17-10-23-26(19(17)12-28-6)21-22-8-7-18(24-21)16-9-14(3)29-15(16)4/h7-10,13H,11-12H2,1-6H3. The first kappa shape index (κ1) is 21.1. The lowest BCUT2D eigenvalue weighted by atomic mass is 10.1. The van der Waals surface area contributed by atoms with E-state index in [1.165, 1.54) is 9.75 Å². The fraction of sp³-hybridized carbons (Fsp3) is 0.429. The molecule has 0 saturated heterocycles. The van der Waals surface area contributed by atoms with Crippen molar-refractivity contribution in [1.82, 2.24) is 24.6 Å². The molecule has 0 aliphatic heterocycles. The molecule has 29 heavy (non-hydrogen) atoms. The lowest BCUT2D eigenvalue weighted by Gasteiger charge is -2.19. The van der Waals surface area contributed by atoms with Crippen LogP contribution in [0.25, 0.3) is 17.2 Å². The maximum Gasteiger partial charge on any atom is 0.257 e. The molecule has 0 radical (unpaired) electrons. The summed E-state index contributed by atoms with van der Waals surface area (Å²) in [4.78, 5) is 26.2. The second kappa shape index (κ2) is 8.84. The number of amides is 1. The molecule has 0 spiro atoms. The molecule has 1 amide bonds. The molecule has 3 rings (SSSR count). The Morgan fingerprint density at radius 1 is 1.34 bits per heavy atom. The van der Waals surface area contributed by atoms with Crippen LogP contribution in [0.15, 0.2) is 24.5 Å². The molecule has 154 valence electrons. The van der Waals surface area contributed by atoms with E-state index in [1.807, 2.05) is 6.07 Å². The molecular weight excluding hydrogens is 386 g/mol. The van der Waals surface area contributed by atoms with Crippen molar-refractivity contribution in [3.63, 3.8) is 0 Å². The molecule has 3 aromatic rings. The van der Waals surface area contributed by atoms with Crippen molar-refractivity contribution in [2.45, 2.75) is 34.3 Å². The number of carbonyl (C=O) groups is 1. The van der Waals surface area contributed by atoms with Gasteiger partial charge < -0.3 is 9.64 Å². The van der Waals surface area contributed by atoms with Gasteiger partial charge in [-0.25, -0.2) is 9.97 Å². The van der Waals surface area contributed by atoms with E-state index in [-0.39, 0.29) is 12.5 Å². The van der Waals surface area contributed by atoms with Gasteiger partial charge in [0, 0.05) is 42.2 Å². The molecule has 0 aliphatic rings. The van der Waals surface area contributed by atoms with Crippen molar-refractivity contribution in [3.8, 4) is 17.2 Å². The number of carbonyl (C=O) groups excluding carboxylic acids is 1. The Labute approximate surface area is 175 Å². The summed E-state index contributed by atoms with van der Waals surface area (Å²) < 4.78 is 6.95. The van der Waals surface area contributed by atoms with Gasteiger partial charge in [-0.3, -0.25) is 4.79 Å². The molecule has 0 atom stereocenters. The Bertz CT molecular complexity index is 1010. The Hall–Kier alpha value is -2.58. The third-order valence-electron chi connectivity index (χ3n) is 4.52. The Morgan fingerprint density at radius 2 is 2.10 bits per heavy atom. The molecule has 0 aliphatic carbocycles. The SMILES string of the molecule is COCc1c(C(=O)N(C)CC(C)C)cnn1-c1nccc(-c2cc(C)sc2C)n1. The van der Waals surface area contributed by atoms with E-state index < -0.39 is 0 Å². The van der Waals surface area contributed by atoms with E-state index in [9.17, 15) is 4.79 Å². The highest BCUT2D eigenvalue weighted by molar-refractivity contribution is 7.12. The minimum absolute atomic E-state index is 0.0857. The van der Waals surface area contributed by atoms with Crippen molar-refractivity contribution in [2.75, 3.05) is 20.7 Å². The number of nitrogens with zero attached hydrogens (tertiary/aromatic N) is 5. The van der Waals surface area contributed by atoms with Gasteiger partial charge in [0.15, 0.2) is 0 Å². The van der Waals surface area contributed by atoms with Gasteiger partial charge in [-0.05, 0) is 31.9 Å². The van der Waals surface area contributed by atoms with Gasteiger partial charge in [0.05, 0.1) is 29.8 Å². The van der Waals surface area contributed by atoms with Gasteiger partial charge in [0.25, 0.3) is 11.9 Å². The van der Waals surface area contributed by atoms with E-state index in [2.05, 4.69) is 43.8 Å². The number of hydrogen-bond acceptors (Lipinski definition) is 6. The van der Waals surface area contributed by atoms with Crippen LogP contribution in [-0.4, -0.2) is 51.3 Å². The highest BCUT2D eigenvalue weighted by atomic mass is 32.1. The number of rotatable bonds is 7.